The maximum atomic E-state index is 12.4. The molecule has 27 heavy (non-hydrogen) atoms. The number of nitrogens with zero attached hydrogens (tertiary/aromatic N) is 2. The Morgan fingerprint density at radius 1 is 1.15 bits per heavy atom. The second-order valence-corrected chi connectivity index (χ2v) is 6.31. The molecule has 0 aliphatic rings. The van der Waals surface area contributed by atoms with Crippen LogP contribution in [0.1, 0.15) is 21.5 Å². The van der Waals surface area contributed by atoms with E-state index in [9.17, 15) is 4.79 Å². The van der Waals surface area contributed by atoms with E-state index in [4.69, 9.17) is 16.3 Å². The number of ether oxygens (including phenoxy) is 1. The minimum atomic E-state index is -0.309. The Morgan fingerprint density at radius 2 is 1.89 bits per heavy atom. The summed E-state index contributed by atoms with van der Waals surface area (Å²) in [6.45, 7) is 2.43. The highest BCUT2D eigenvalue weighted by Gasteiger charge is 2.11. The number of amides is 1. The summed E-state index contributed by atoms with van der Waals surface area (Å²) in [5.41, 5.74) is 2.91. The van der Waals surface area contributed by atoms with E-state index >= 15 is 0 Å². The SMILES string of the molecule is COc1ccc(C)cc1NC(=O)c1cnc(NCc2ccccc2Cl)nc1. The van der Waals surface area contributed by atoms with E-state index < -0.39 is 0 Å². The van der Waals surface area contributed by atoms with Crippen LogP contribution in [0.5, 0.6) is 5.75 Å². The van der Waals surface area contributed by atoms with Gasteiger partial charge in [0, 0.05) is 24.0 Å². The van der Waals surface area contributed by atoms with Gasteiger partial charge in [-0.2, -0.15) is 0 Å². The van der Waals surface area contributed by atoms with Gasteiger partial charge in [-0.15, -0.1) is 0 Å². The lowest BCUT2D eigenvalue weighted by atomic mass is 10.2. The summed E-state index contributed by atoms with van der Waals surface area (Å²) in [7, 11) is 1.56. The third-order valence-electron chi connectivity index (χ3n) is 3.91. The first kappa shape index (κ1) is 18.7. The van der Waals surface area contributed by atoms with E-state index in [0.29, 0.717) is 34.5 Å². The number of aromatic nitrogens is 2. The molecule has 0 aliphatic heterocycles. The first-order valence-electron chi connectivity index (χ1n) is 8.32. The molecule has 0 saturated heterocycles. The second-order valence-electron chi connectivity index (χ2n) is 5.90. The summed E-state index contributed by atoms with van der Waals surface area (Å²) < 4.78 is 5.27. The van der Waals surface area contributed by atoms with Crippen LogP contribution < -0.4 is 15.4 Å². The van der Waals surface area contributed by atoms with Crippen molar-refractivity contribution in [1.29, 1.82) is 0 Å². The Hall–Kier alpha value is -3.12. The third-order valence-corrected chi connectivity index (χ3v) is 4.28. The average Bonchev–Trinajstić information content (AvgIpc) is 2.68. The average molecular weight is 383 g/mol. The van der Waals surface area contributed by atoms with E-state index in [-0.39, 0.29) is 5.91 Å². The van der Waals surface area contributed by atoms with Crippen molar-refractivity contribution >= 4 is 29.1 Å². The number of anilines is 2. The zero-order valence-electron chi connectivity index (χ0n) is 15.0. The molecular formula is C20H19ClN4O2. The molecule has 1 aromatic heterocycles. The Kier molecular flexibility index (Phi) is 5.88. The molecule has 2 aromatic carbocycles. The Labute approximate surface area is 162 Å². The standard InChI is InChI=1S/C20H19ClN4O2/c1-13-7-8-18(27-2)17(9-13)25-19(26)15-11-23-20(24-12-15)22-10-14-5-3-4-6-16(14)21/h3-9,11-12H,10H2,1-2H3,(H,25,26)(H,22,23,24). The minimum absolute atomic E-state index is 0.309. The highest BCUT2D eigenvalue weighted by molar-refractivity contribution is 6.31. The van der Waals surface area contributed by atoms with Crippen molar-refractivity contribution in [3.63, 3.8) is 0 Å². The quantitative estimate of drug-likeness (QED) is 0.664. The van der Waals surface area contributed by atoms with Gasteiger partial charge in [0.25, 0.3) is 5.91 Å². The first-order valence-corrected chi connectivity index (χ1v) is 8.70. The molecule has 0 aliphatic carbocycles. The van der Waals surface area contributed by atoms with E-state index in [2.05, 4.69) is 20.6 Å². The first-order chi connectivity index (χ1) is 13.1. The van der Waals surface area contributed by atoms with Crippen molar-refractivity contribution in [3.05, 3.63) is 76.6 Å². The van der Waals surface area contributed by atoms with E-state index in [1.165, 1.54) is 12.4 Å². The van der Waals surface area contributed by atoms with Crippen LogP contribution in [-0.2, 0) is 6.54 Å². The molecule has 0 atom stereocenters. The normalized spacial score (nSPS) is 10.3. The third kappa shape index (κ3) is 4.74. The molecule has 2 N–H and O–H groups in total. The number of nitrogens with one attached hydrogen (secondary N) is 2. The van der Waals surface area contributed by atoms with Gasteiger partial charge in [-0.05, 0) is 36.2 Å². The fraction of sp³-hybridized carbons (Fsp3) is 0.150. The minimum Gasteiger partial charge on any atom is -0.495 e. The smallest absolute Gasteiger partial charge is 0.258 e. The van der Waals surface area contributed by atoms with Crippen LogP contribution in [0.4, 0.5) is 11.6 Å². The Morgan fingerprint density at radius 3 is 2.59 bits per heavy atom. The molecule has 1 heterocycles. The van der Waals surface area contributed by atoms with Crippen LogP contribution >= 0.6 is 11.6 Å². The molecule has 138 valence electrons. The largest absolute Gasteiger partial charge is 0.495 e. The van der Waals surface area contributed by atoms with Gasteiger partial charge in [-0.3, -0.25) is 4.79 Å². The van der Waals surface area contributed by atoms with Crippen molar-refractivity contribution < 1.29 is 9.53 Å². The number of carbonyl (C=O) groups excluding carboxylic acids is 1. The van der Waals surface area contributed by atoms with Gasteiger partial charge >= 0.3 is 0 Å². The zero-order valence-corrected chi connectivity index (χ0v) is 15.7. The van der Waals surface area contributed by atoms with Crippen molar-refractivity contribution in [2.75, 3.05) is 17.7 Å². The molecule has 3 rings (SSSR count). The van der Waals surface area contributed by atoms with Crippen molar-refractivity contribution in [3.8, 4) is 5.75 Å². The number of hydrogen-bond donors (Lipinski definition) is 2. The van der Waals surface area contributed by atoms with Gasteiger partial charge in [0.2, 0.25) is 5.95 Å². The molecule has 1 amide bonds. The van der Waals surface area contributed by atoms with Crippen LogP contribution in [0.2, 0.25) is 5.02 Å². The Bertz CT molecular complexity index is 945. The van der Waals surface area contributed by atoms with Gasteiger partial charge in [0.05, 0.1) is 18.4 Å². The topological polar surface area (TPSA) is 76.1 Å². The van der Waals surface area contributed by atoms with Crippen LogP contribution in [-0.4, -0.2) is 23.0 Å². The van der Waals surface area contributed by atoms with Gasteiger partial charge < -0.3 is 15.4 Å². The van der Waals surface area contributed by atoms with Crippen LogP contribution in [0, 0.1) is 6.92 Å². The monoisotopic (exact) mass is 382 g/mol. The molecule has 3 aromatic rings. The molecule has 0 saturated carbocycles. The van der Waals surface area contributed by atoms with E-state index in [1.807, 2.05) is 49.4 Å². The number of rotatable bonds is 6. The number of hydrogen-bond acceptors (Lipinski definition) is 5. The lowest BCUT2D eigenvalue weighted by Gasteiger charge is -2.11. The highest BCUT2D eigenvalue weighted by atomic mass is 35.5. The molecule has 0 unspecified atom stereocenters. The van der Waals surface area contributed by atoms with Crippen molar-refractivity contribution in [1.82, 2.24) is 9.97 Å². The van der Waals surface area contributed by atoms with Gasteiger partial charge in [0.1, 0.15) is 5.75 Å². The summed E-state index contributed by atoms with van der Waals surface area (Å²) in [5.74, 6) is 0.698. The fourth-order valence-corrected chi connectivity index (χ4v) is 2.67. The lowest BCUT2D eigenvalue weighted by Crippen LogP contribution is -2.14. The summed E-state index contributed by atoms with van der Waals surface area (Å²) in [5, 5.41) is 6.58. The molecular weight excluding hydrogens is 364 g/mol. The van der Waals surface area contributed by atoms with Crippen LogP contribution in [0.15, 0.2) is 54.9 Å². The maximum Gasteiger partial charge on any atom is 0.258 e. The number of carbonyl (C=O) groups is 1. The number of halogens is 1. The predicted molar refractivity (Wildman–Crippen MR) is 106 cm³/mol. The van der Waals surface area contributed by atoms with Gasteiger partial charge in [0.15, 0.2) is 0 Å². The predicted octanol–water partition coefficient (Wildman–Crippen LogP) is 4.31. The number of methoxy groups -OCH3 is 1. The molecule has 0 fully saturated rings. The highest BCUT2D eigenvalue weighted by Crippen LogP contribution is 2.25. The van der Waals surface area contributed by atoms with Crippen molar-refractivity contribution in [2.24, 2.45) is 0 Å². The Balaban J connectivity index is 1.65. The zero-order chi connectivity index (χ0) is 19.2. The lowest BCUT2D eigenvalue weighted by molar-refractivity contribution is 0.102. The number of benzene rings is 2. The van der Waals surface area contributed by atoms with Gasteiger partial charge in [-0.25, -0.2) is 9.97 Å². The maximum absolute atomic E-state index is 12.4. The fourth-order valence-electron chi connectivity index (χ4n) is 2.47. The van der Waals surface area contributed by atoms with Crippen LogP contribution in [0.3, 0.4) is 0 Å². The molecule has 6 nitrogen and oxygen atoms in total. The summed E-state index contributed by atoms with van der Waals surface area (Å²) in [6.07, 6.45) is 2.94. The molecule has 0 spiro atoms. The molecule has 0 bridgehead atoms. The molecule has 0 radical (unpaired) electrons. The summed E-state index contributed by atoms with van der Waals surface area (Å²) >= 11 is 6.13. The van der Waals surface area contributed by atoms with Gasteiger partial charge in [-0.1, -0.05) is 35.9 Å². The molecule has 7 heteroatoms. The summed E-state index contributed by atoms with van der Waals surface area (Å²) in [6, 6.07) is 13.1. The van der Waals surface area contributed by atoms with E-state index in [1.54, 1.807) is 7.11 Å². The number of aryl methyl sites for hydroxylation is 1. The van der Waals surface area contributed by atoms with Crippen LogP contribution in [0.25, 0.3) is 0 Å². The van der Waals surface area contributed by atoms with E-state index in [0.717, 1.165) is 11.1 Å². The second kappa shape index (κ2) is 8.51. The van der Waals surface area contributed by atoms with Crippen molar-refractivity contribution in [2.45, 2.75) is 13.5 Å². The summed E-state index contributed by atoms with van der Waals surface area (Å²) in [4.78, 5) is 20.8.